The molecular formula is C22H31F3N2O6S. The molecule has 2 fully saturated rings. The van der Waals surface area contributed by atoms with Crippen LogP contribution in [-0.2, 0) is 30.7 Å². The van der Waals surface area contributed by atoms with E-state index in [1.54, 1.807) is 12.1 Å². The van der Waals surface area contributed by atoms with Crippen LogP contribution in [0.3, 0.4) is 0 Å². The first kappa shape index (κ1) is 28.1. The predicted octanol–water partition coefficient (Wildman–Crippen LogP) is 2.62. The number of rotatable bonds is 6. The summed E-state index contributed by atoms with van der Waals surface area (Å²) in [6.45, 7) is 7.01. The summed E-state index contributed by atoms with van der Waals surface area (Å²) >= 11 is 0. The molecule has 2 aliphatic heterocycles. The van der Waals surface area contributed by atoms with Gasteiger partial charge in [0.15, 0.2) is 9.84 Å². The van der Waals surface area contributed by atoms with Crippen LogP contribution in [0.25, 0.3) is 0 Å². The number of carbonyl (C=O) groups is 2. The van der Waals surface area contributed by atoms with E-state index in [2.05, 4.69) is 10.2 Å². The maximum Gasteiger partial charge on any atom is 0.490 e. The molecule has 12 heteroatoms. The molecule has 1 aromatic carbocycles. The number of nitrogens with one attached hydrogen (secondary N) is 1. The van der Waals surface area contributed by atoms with Crippen molar-refractivity contribution >= 4 is 21.7 Å². The fourth-order valence-electron chi connectivity index (χ4n) is 3.86. The molecule has 8 nitrogen and oxygen atoms in total. The van der Waals surface area contributed by atoms with Crippen LogP contribution >= 0.6 is 0 Å². The first-order chi connectivity index (χ1) is 15.6. The van der Waals surface area contributed by atoms with Crippen LogP contribution in [0.2, 0.25) is 0 Å². The number of ether oxygens (including phenoxy) is 1. The average Bonchev–Trinajstić information content (AvgIpc) is 2.71. The van der Waals surface area contributed by atoms with Crippen molar-refractivity contribution in [3.05, 3.63) is 29.8 Å². The molecule has 0 aliphatic carbocycles. The number of piperidine rings is 1. The zero-order valence-electron chi connectivity index (χ0n) is 19.4. The molecule has 1 atom stereocenters. The first-order valence-corrected chi connectivity index (χ1v) is 12.8. The van der Waals surface area contributed by atoms with Crippen molar-refractivity contribution in [1.82, 2.24) is 10.2 Å². The Bertz CT molecular complexity index is 965. The minimum atomic E-state index is -5.08. The molecule has 0 radical (unpaired) electrons. The minimum absolute atomic E-state index is 0.00322. The Morgan fingerprint density at radius 3 is 2.29 bits per heavy atom. The fraction of sp³-hybridized carbons (Fsp3) is 0.636. The topological polar surface area (TPSA) is 113 Å². The van der Waals surface area contributed by atoms with Gasteiger partial charge in [-0.05, 0) is 30.5 Å². The molecule has 0 bridgehead atoms. The summed E-state index contributed by atoms with van der Waals surface area (Å²) in [7, 11) is -3.17. The Morgan fingerprint density at radius 2 is 1.82 bits per heavy atom. The quantitative estimate of drug-likeness (QED) is 0.607. The number of carboxylic acids is 1. The number of likely N-dealkylation sites (tertiary alicyclic amines) is 1. The molecule has 0 aromatic heterocycles. The van der Waals surface area contributed by atoms with Crippen molar-refractivity contribution in [1.29, 1.82) is 0 Å². The van der Waals surface area contributed by atoms with Gasteiger partial charge in [-0.3, -0.25) is 9.69 Å². The number of aliphatic carboxylic acids is 1. The molecule has 1 aromatic rings. The molecule has 3 rings (SSSR count). The van der Waals surface area contributed by atoms with Crippen LogP contribution in [-0.4, -0.2) is 74.1 Å². The van der Waals surface area contributed by atoms with E-state index < -0.39 is 22.0 Å². The van der Waals surface area contributed by atoms with E-state index in [9.17, 15) is 26.4 Å². The molecule has 0 saturated carbocycles. The Kier molecular flexibility index (Phi) is 9.11. The summed E-state index contributed by atoms with van der Waals surface area (Å²) in [5.41, 5.74) is 0.996. The zero-order valence-corrected chi connectivity index (χ0v) is 20.2. The van der Waals surface area contributed by atoms with E-state index in [0.29, 0.717) is 11.4 Å². The minimum Gasteiger partial charge on any atom is -0.475 e. The molecular weight excluding hydrogens is 477 g/mol. The maximum absolute atomic E-state index is 11.7. The van der Waals surface area contributed by atoms with Gasteiger partial charge in [0, 0.05) is 44.8 Å². The summed E-state index contributed by atoms with van der Waals surface area (Å²) in [5.74, 6) is -2.68. The smallest absolute Gasteiger partial charge is 0.475 e. The lowest BCUT2D eigenvalue weighted by molar-refractivity contribution is -0.223. The lowest BCUT2D eigenvalue weighted by Gasteiger charge is -2.52. The Balaban J connectivity index is 0.000000509. The van der Waals surface area contributed by atoms with Gasteiger partial charge in [-0.1, -0.05) is 26.0 Å². The van der Waals surface area contributed by atoms with E-state index in [0.717, 1.165) is 44.5 Å². The average molecular weight is 509 g/mol. The number of hydrogen-bond acceptors (Lipinski definition) is 6. The number of carbonyl (C=O) groups excluding carboxylic acids is 1. The van der Waals surface area contributed by atoms with Gasteiger partial charge in [0.2, 0.25) is 5.91 Å². The Hall–Kier alpha value is -2.18. The number of amides is 1. The van der Waals surface area contributed by atoms with Crippen molar-refractivity contribution in [2.45, 2.75) is 62.4 Å². The normalized spacial score (nSPS) is 20.3. The van der Waals surface area contributed by atoms with E-state index in [4.69, 9.17) is 14.6 Å². The highest BCUT2D eigenvalue weighted by molar-refractivity contribution is 7.90. The van der Waals surface area contributed by atoms with Gasteiger partial charge >= 0.3 is 12.1 Å². The number of alkyl halides is 3. The van der Waals surface area contributed by atoms with Gasteiger partial charge in [0.1, 0.15) is 0 Å². The lowest BCUT2D eigenvalue weighted by atomic mass is 9.80. The molecule has 1 unspecified atom stereocenters. The fourth-order valence-corrected chi connectivity index (χ4v) is 4.56. The number of halogens is 3. The highest BCUT2D eigenvalue weighted by Crippen LogP contribution is 2.41. The van der Waals surface area contributed by atoms with Crippen LogP contribution in [0, 0.1) is 5.92 Å². The van der Waals surface area contributed by atoms with Gasteiger partial charge in [-0.2, -0.15) is 13.2 Å². The molecule has 34 heavy (non-hydrogen) atoms. The molecule has 2 N–H and O–H groups in total. The number of nitrogens with zero attached hydrogens (tertiary/aromatic N) is 1. The molecule has 2 heterocycles. The molecule has 192 valence electrons. The van der Waals surface area contributed by atoms with Crippen LogP contribution in [0.15, 0.2) is 29.2 Å². The second-order valence-corrected chi connectivity index (χ2v) is 11.0. The SMILES string of the molecule is CC(C)C(=O)NCC1CC2(CCN(Cc3cccc(S(C)(=O)=O)c3)CC2)O1.O=C(O)C(F)(F)F. The summed E-state index contributed by atoms with van der Waals surface area (Å²) in [4.78, 5) is 23.3. The van der Waals surface area contributed by atoms with Crippen molar-refractivity contribution < 1.29 is 41.0 Å². The van der Waals surface area contributed by atoms with Crippen LogP contribution in [0.4, 0.5) is 13.2 Å². The zero-order chi connectivity index (χ0) is 25.7. The van der Waals surface area contributed by atoms with E-state index >= 15 is 0 Å². The highest BCUT2D eigenvalue weighted by atomic mass is 32.2. The highest BCUT2D eigenvalue weighted by Gasteiger charge is 2.47. The lowest BCUT2D eigenvalue weighted by Crippen LogP contribution is -2.59. The van der Waals surface area contributed by atoms with Gasteiger partial charge in [0.05, 0.1) is 16.6 Å². The van der Waals surface area contributed by atoms with E-state index in [-0.39, 0.29) is 23.5 Å². The van der Waals surface area contributed by atoms with Gasteiger partial charge in [-0.15, -0.1) is 0 Å². The number of carboxylic acid groups (broad SMARTS) is 1. The predicted molar refractivity (Wildman–Crippen MR) is 118 cm³/mol. The third-order valence-corrected chi connectivity index (χ3v) is 6.90. The van der Waals surface area contributed by atoms with Gasteiger partial charge in [0.25, 0.3) is 0 Å². The van der Waals surface area contributed by atoms with Gasteiger partial charge in [-0.25, -0.2) is 13.2 Å². The second-order valence-electron chi connectivity index (χ2n) is 9.03. The monoisotopic (exact) mass is 508 g/mol. The largest absolute Gasteiger partial charge is 0.490 e. The Morgan fingerprint density at radius 1 is 1.26 bits per heavy atom. The maximum atomic E-state index is 11.7. The summed E-state index contributed by atoms with van der Waals surface area (Å²) < 4.78 is 61.3. The summed E-state index contributed by atoms with van der Waals surface area (Å²) in [6, 6.07) is 7.20. The van der Waals surface area contributed by atoms with E-state index in [1.807, 2.05) is 26.0 Å². The Labute approximate surface area is 197 Å². The summed E-state index contributed by atoms with van der Waals surface area (Å²) in [6.07, 6.45) is -0.750. The standard InChI is InChI=1S/C20H30N2O4S.C2HF3O2/c1-15(2)19(23)21-13-17-12-20(26-17)7-9-22(10-8-20)14-16-5-4-6-18(11-16)27(3,24)25;3-2(4,5)1(6)7/h4-6,11,15,17H,7-10,12-14H2,1-3H3,(H,21,23);(H,6,7). The summed E-state index contributed by atoms with van der Waals surface area (Å²) in [5, 5.41) is 10.1. The molecule has 1 spiro atoms. The number of benzene rings is 1. The van der Waals surface area contributed by atoms with Crippen molar-refractivity contribution in [2.24, 2.45) is 5.92 Å². The molecule has 2 aliphatic rings. The number of sulfone groups is 1. The third kappa shape index (κ3) is 8.24. The van der Waals surface area contributed by atoms with Crippen molar-refractivity contribution in [3.8, 4) is 0 Å². The van der Waals surface area contributed by atoms with Crippen LogP contribution in [0.5, 0.6) is 0 Å². The number of hydrogen-bond donors (Lipinski definition) is 2. The van der Waals surface area contributed by atoms with Crippen molar-refractivity contribution in [2.75, 3.05) is 25.9 Å². The molecule has 2 saturated heterocycles. The van der Waals surface area contributed by atoms with Crippen molar-refractivity contribution in [3.63, 3.8) is 0 Å². The van der Waals surface area contributed by atoms with Crippen LogP contribution < -0.4 is 5.32 Å². The van der Waals surface area contributed by atoms with Gasteiger partial charge < -0.3 is 15.2 Å². The first-order valence-electron chi connectivity index (χ1n) is 10.9. The second kappa shape index (κ2) is 11.0. The van der Waals surface area contributed by atoms with Crippen LogP contribution in [0.1, 0.15) is 38.7 Å². The van der Waals surface area contributed by atoms with E-state index in [1.165, 1.54) is 6.26 Å². The third-order valence-electron chi connectivity index (χ3n) is 5.79. The molecule has 1 amide bonds.